The van der Waals surface area contributed by atoms with Crippen molar-refractivity contribution in [3.05, 3.63) is 65.7 Å². The number of benzene rings is 1. The second kappa shape index (κ2) is 4.49. The molecule has 0 aliphatic carbocycles. The van der Waals surface area contributed by atoms with Crippen LogP contribution in [0, 0.1) is 0 Å². The largest absolute Gasteiger partial charge is 0.278 e. The highest BCUT2D eigenvalue weighted by molar-refractivity contribution is 5.93. The summed E-state index contributed by atoms with van der Waals surface area (Å²) in [5.41, 5.74) is 1.43. The van der Waals surface area contributed by atoms with Gasteiger partial charge in [-0.1, -0.05) is 24.8 Å². The van der Waals surface area contributed by atoms with Crippen LogP contribution in [-0.2, 0) is 0 Å². The van der Waals surface area contributed by atoms with Crippen LogP contribution in [0.5, 0.6) is 0 Å². The maximum Gasteiger partial charge on any atom is 0.278 e. The summed E-state index contributed by atoms with van der Waals surface area (Å²) in [4.78, 5) is 16.2. The molecule has 92 valence electrons. The lowest BCUT2D eigenvalue weighted by atomic mass is 10.1. The number of pyridine rings is 1. The Balaban J connectivity index is 2.45. The van der Waals surface area contributed by atoms with Crippen LogP contribution >= 0.6 is 0 Å². The zero-order chi connectivity index (χ0) is 13.2. The molecule has 3 rings (SSSR count). The summed E-state index contributed by atoms with van der Waals surface area (Å²) in [5, 5.41) is 5.77. The number of hydrogen-bond acceptors (Lipinski definition) is 3. The molecule has 0 atom stereocenters. The monoisotopic (exact) mass is 249 g/mol. The molecule has 2 heterocycles. The third-order valence-corrected chi connectivity index (χ3v) is 2.94. The molecule has 2 aromatic heterocycles. The molecule has 0 unspecified atom stereocenters. The van der Waals surface area contributed by atoms with Gasteiger partial charge in [-0.05, 0) is 18.2 Å². The van der Waals surface area contributed by atoms with Crippen molar-refractivity contribution in [2.75, 3.05) is 0 Å². The third kappa shape index (κ3) is 1.83. The smallest absolute Gasteiger partial charge is 0.267 e. The van der Waals surface area contributed by atoms with Crippen molar-refractivity contribution in [1.82, 2.24) is 14.8 Å². The molecular weight excluding hydrogens is 238 g/mol. The molecule has 0 fully saturated rings. The standard InChI is InChI=1S/C15H11N3O/c1-2-18-15(19)13-8-4-3-7-12(13)14(17-18)11-6-5-9-16-10-11/h2-10H,1H2. The summed E-state index contributed by atoms with van der Waals surface area (Å²) in [6.45, 7) is 3.62. The SMILES string of the molecule is C=Cn1nc(-c2cccnc2)c2ccccc2c1=O. The van der Waals surface area contributed by atoms with Crippen LogP contribution in [0.4, 0.5) is 0 Å². The predicted molar refractivity (Wildman–Crippen MR) is 75.6 cm³/mol. The Bertz CT molecular complexity index is 806. The fourth-order valence-electron chi connectivity index (χ4n) is 2.05. The van der Waals surface area contributed by atoms with Crippen LogP contribution in [0.15, 0.2) is 60.2 Å². The van der Waals surface area contributed by atoms with Crippen molar-refractivity contribution in [2.45, 2.75) is 0 Å². The van der Waals surface area contributed by atoms with Gasteiger partial charge in [-0.2, -0.15) is 5.10 Å². The Hall–Kier alpha value is -2.75. The van der Waals surface area contributed by atoms with Crippen LogP contribution in [0.1, 0.15) is 0 Å². The van der Waals surface area contributed by atoms with E-state index in [9.17, 15) is 4.79 Å². The first kappa shape index (κ1) is 11.3. The molecule has 0 aliphatic rings. The van der Waals surface area contributed by atoms with Gasteiger partial charge in [0.2, 0.25) is 0 Å². The molecule has 0 radical (unpaired) electrons. The van der Waals surface area contributed by atoms with Crippen LogP contribution in [0.25, 0.3) is 28.2 Å². The summed E-state index contributed by atoms with van der Waals surface area (Å²) in [5.74, 6) is 0. The Labute approximate surface area is 109 Å². The van der Waals surface area contributed by atoms with Gasteiger partial charge in [-0.25, -0.2) is 4.68 Å². The summed E-state index contributed by atoms with van der Waals surface area (Å²) in [7, 11) is 0. The van der Waals surface area contributed by atoms with Crippen LogP contribution in [0.3, 0.4) is 0 Å². The molecule has 0 saturated carbocycles. The molecule has 0 N–H and O–H groups in total. The molecule has 0 aliphatic heterocycles. The van der Waals surface area contributed by atoms with Gasteiger partial charge in [-0.3, -0.25) is 9.78 Å². The lowest BCUT2D eigenvalue weighted by Crippen LogP contribution is -2.19. The maximum atomic E-state index is 12.2. The van der Waals surface area contributed by atoms with Crippen molar-refractivity contribution in [3.63, 3.8) is 0 Å². The molecule has 19 heavy (non-hydrogen) atoms. The number of rotatable bonds is 2. The summed E-state index contributed by atoms with van der Waals surface area (Å²) >= 11 is 0. The summed E-state index contributed by atoms with van der Waals surface area (Å²) in [6.07, 6.45) is 4.84. The first-order valence-electron chi connectivity index (χ1n) is 5.86. The Morgan fingerprint density at radius 1 is 1.11 bits per heavy atom. The second-order valence-electron chi connectivity index (χ2n) is 4.07. The van der Waals surface area contributed by atoms with Crippen molar-refractivity contribution in [3.8, 4) is 11.3 Å². The van der Waals surface area contributed by atoms with E-state index < -0.39 is 0 Å². The quantitative estimate of drug-likeness (QED) is 0.701. The minimum absolute atomic E-state index is 0.168. The second-order valence-corrected chi connectivity index (χ2v) is 4.07. The molecule has 1 aromatic carbocycles. The molecule has 0 amide bonds. The number of nitrogens with zero attached hydrogens (tertiary/aromatic N) is 3. The average molecular weight is 249 g/mol. The van der Waals surface area contributed by atoms with Gasteiger partial charge in [0.05, 0.1) is 5.39 Å². The van der Waals surface area contributed by atoms with Gasteiger partial charge < -0.3 is 0 Å². The fourth-order valence-corrected chi connectivity index (χ4v) is 2.05. The van der Waals surface area contributed by atoms with E-state index in [1.807, 2.05) is 30.3 Å². The van der Waals surface area contributed by atoms with Gasteiger partial charge in [-0.15, -0.1) is 0 Å². The van der Waals surface area contributed by atoms with Crippen molar-refractivity contribution < 1.29 is 0 Å². The van der Waals surface area contributed by atoms with E-state index in [2.05, 4.69) is 16.7 Å². The summed E-state index contributed by atoms with van der Waals surface area (Å²) < 4.78 is 1.25. The van der Waals surface area contributed by atoms with Crippen molar-refractivity contribution >= 4 is 17.0 Å². The van der Waals surface area contributed by atoms with Crippen LogP contribution in [0.2, 0.25) is 0 Å². The van der Waals surface area contributed by atoms with Crippen LogP contribution in [-0.4, -0.2) is 14.8 Å². The third-order valence-electron chi connectivity index (χ3n) is 2.94. The minimum Gasteiger partial charge on any atom is -0.267 e. The number of hydrogen-bond donors (Lipinski definition) is 0. The molecular formula is C15H11N3O. The molecule has 4 nitrogen and oxygen atoms in total. The van der Waals surface area contributed by atoms with Gasteiger partial charge in [0.25, 0.3) is 5.56 Å². The highest BCUT2D eigenvalue weighted by atomic mass is 16.1. The first-order chi connectivity index (χ1) is 9.31. The fraction of sp³-hybridized carbons (Fsp3) is 0. The van der Waals surface area contributed by atoms with Gasteiger partial charge in [0.15, 0.2) is 0 Å². The highest BCUT2D eigenvalue weighted by Crippen LogP contribution is 2.23. The Kier molecular flexibility index (Phi) is 2.68. The van der Waals surface area contributed by atoms with E-state index in [1.165, 1.54) is 10.9 Å². The van der Waals surface area contributed by atoms with Crippen molar-refractivity contribution in [2.24, 2.45) is 0 Å². The van der Waals surface area contributed by atoms with Gasteiger partial charge in [0.1, 0.15) is 5.69 Å². The van der Waals surface area contributed by atoms with E-state index in [0.29, 0.717) is 5.39 Å². The Morgan fingerprint density at radius 3 is 2.58 bits per heavy atom. The van der Waals surface area contributed by atoms with Crippen LogP contribution < -0.4 is 5.56 Å². The van der Waals surface area contributed by atoms with E-state index in [4.69, 9.17) is 0 Å². The molecule has 3 aromatic rings. The minimum atomic E-state index is -0.168. The normalized spacial score (nSPS) is 10.5. The predicted octanol–water partition coefficient (Wildman–Crippen LogP) is 2.56. The molecule has 0 spiro atoms. The van der Waals surface area contributed by atoms with E-state index in [0.717, 1.165) is 16.6 Å². The average Bonchev–Trinajstić information content (AvgIpc) is 2.49. The zero-order valence-corrected chi connectivity index (χ0v) is 10.2. The van der Waals surface area contributed by atoms with E-state index in [-0.39, 0.29) is 5.56 Å². The molecule has 0 bridgehead atoms. The Morgan fingerprint density at radius 2 is 1.89 bits per heavy atom. The molecule has 4 heteroatoms. The van der Waals surface area contributed by atoms with Crippen molar-refractivity contribution in [1.29, 1.82) is 0 Å². The zero-order valence-electron chi connectivity index (χ0n) is 10.2. The summed E-state index contributed by atoms with van der Waals surface area (Å²) in [6, 6.07) is 11.2. The highest BCUT2D eigenvalue weighted by Gasteiger charge is 2.10. The molecule has 0 saturated heterocycles. The number of aromatic nitrogens is 3. The topological polar surface area (TPSA) is 47.8 Å². The van der Waals surface area contributed by atoms with E-state index in [1.54, 1.807) is 18.5 Å². The first-order valence-corrected chi connectivity index (χ1v) is 5.86. The maximum absolute atomic E-state index is 12.2. The van der Waals surface area contributed by atoms with E-state index >= 15 is 0 Å². The van der Waals surface area contributed by atoms with Gasteiger partial charge in [0, 0.05) is 29.5 Å². The lowest BCUT2D eigenvalue weighted by Gasteiger charge is -2.07. The van der Waals surface area contributed by atoms with Gasteiger partial charge >= 0.3 is 0 Å². The lowest BCUT2D eigenvalue weighted by molar-refractivity contribution is 0.875. The number of fused-ring (bicyclic) bond motifs is 1.